The monoisotopic (exact) mass is 419 g/mol. The first kappa shape index (κ1) is 21.0. The van der Waals surface area contributed by atoms with Crippen LogP contribution >= 0.6 is 0 Å². The summed E-state index contributed by atoms with van der Waals surface area (Å²) in [5.41, 5.74) is 4.76. The van der Waals surface area contributed by atoms with Gasteiger partial charge in [-0.15, -0.1) is 0 Å². The summed E-state index contributed by atoms with van der Waals surface area (Å²) in [7, 11) is 0. The molecule has 31 heavy (non-hydrogen) atoms. The molecule has 0 N–H and O–H groups in total. The smallest absolute Gasteiger partial charge is 0.272 e. The van der Waals surface area contributed by atoms with Crippen LogP contribution in [0, 0.1) is 6.92 Å². The molecule has 0 spiro atoms. The van der Waals surface area contributed by atoms with E-state index in [0.29, 0.717) is 37.5 Å². The van der Waals surface area contributed by atoms with Crippen molar-refractivity contribution in [3.63, 3.8) is 0 Å². The Morgan fingerprint density at radius 2 is 1.55 bits per heavy atom. The Bertz CT molecular complexity index is 1130. The predicted molar refractivity (Wildman–Crippen MR) is 120 cm³/mol. The maximum absolute atomic E-state index is 13.5. The van der Waals surface area contributed by atoms with Crippen molar-refractivity contribution in [3.05, 3.63) is 53.3 Å². The molecule has 7 nitrogen and oxygen atoms in total. The van der Waals surface area contributed by atoms with E-state index < -0.39 is 0 Å². The SMILES string of the molecule is CC(=O)N1CCN(C(=O)c2cc(-c3ccc(C)cc3)nc3cc(C(C)(C)C)nn23)CC1. The molecule has 1 aliphatic rings. The van der Waals surface area contributed by atoms with Gasteiger partial charge in [0.25, 0.3) is 5.91 Å². The predicted octanol–water partition coefficient (Wildman–Crippen LogP) is 3.31. The second-order valence-corrected chi connectivity index (χ2v) is 9.24. The zero-order chi connectivity index (χ0) is 22.3. The minimum Gasteiger partial charge on any atom is -0.339 e. The van der Waals surface area contributed by atoms with Crippen LogP contribution in [0.2, 0.25) is 0 Å². The summed E-state index contributed by atoms with van der Waals surface area (Å²) in [5, 5.41) is 4.73. The summed E-state index contributed by atoms with van der Waals surface area (Å²) in [6.45, 7) is 12.0. The highest BCUT2D eigenvalue weighted by atomic mass is 16.2. The highest BCUT2D eigenvalue weighted by Gasteiger charge is 2.27. The topological polar surface area (TPSA) is 70.8 Å². The average molecular weight is 420 g/mol. The first-order valence-electron chi connectivity index (χ1n) is 10.7. The third-order valence-corrected chi connectivity index (χ3v) is 5.77. The van der Waals surface area contributed by atoms with Crippen molar-refractivity contribution in [1.82, 2.24) is 24.4 Å². The normalized spacial score (nSPS) is 14.9. The van der Waals surface area contributed by atoms with Gasteiger partial charge in [-0.1, -0.05) is 50.6 Å². The minimum absolute atomic E-state index is 0.0435. The van der Waals surface area contributed by atoms with Crippen LogP contribution in [0.15, 0.2) is 36.4 Å². The molecule has 0 aliphatic carbocycles. The molecule has 7 heteroatoms. The molecule has 2 amide bonds. The number of carbonyl (C=O) groups is 2. The summed E-state index contributed by atoms with van der Waals surface area (Å²) in [5.74, 6) is -0.0468. The van der Waals surface area contributed by atoms with Gasteiger partial charge >= 0.3 is 0 Å². The van der Waals surface area contributed by atoms with Gasteiger partial charge in [0.05, 0.1) is 11.4 Å². The molecule has 2 aromatic heterocycles. The third kappa shape index (κ3) is 4.17. The fraction of sp³-hybridized carbons (Fsp3) is 0.417. The van der Waals surface area contributed by atoms with Gasteiger partial charge in [-0.3, -0.25) is 9.59 Å². The molecular weight excluding hydrogens is 390 g/mol. The van der Waals surface area contributed by atoms with Crippen LogP contribution in [-0.4, -0.2) is 62.4 Å². The Labute approximate surface area is 182 Å². The molecule has 0 saturated carbocycles. The first-order valence-corrected chi connectivity index (χ1v) is 10.7. The number of hydrogen-bond donors (Lipinski definition) is 0. The highest BCUT2D eigenvalue weighted by molar-refractivity contribution is 5.94. The van der Waals surface area contributed by atoms with Crippen LogP contribution < -0.4 is 0 Å². The van der Waals surface area contributed by atoms with E-state index in [1.54, 1.807) is 21.2 Å². The number of aromatic nitrogens is 3. The first-order chi connectivity index (χ1) is 14.6. The minimum atomic E-state index is -0.162. The number of aryl methyl sites for hydroxylation is 1. The summed E-state index contributed by atoms with van der Waals surface area (Å²) < 4.78 is 1.66. The molecule has 0 radical (unpaired) electrons. The Morgan fingerprint density at radius 3 is 2.13 bits per heavy atom. The van der Waals surface area contributed by atoms with Crippen LogP contribution in [0.5, 0.6) is 0 Å². The number of rotatable bonds is 2. The molecule has 3 aromatic rings. The van der Waals surface area contributed by atoms with Crippen LogP contribution in [0.1, 0.15) is 49.4 Å². The lowest BCUT2D eigenvalue weighted by molar-refractivity contribution is -0.130. The number of amides is 2. The molecule has 0 atom stereocenters. The number of hydrogen-bond acceptors (Lipinski definition) is 4. The summed E-state index contributed by atoms with van der Waals surface area (Å²) in [6, 6.07) is 11.9. The lowest BCUT2D eigenvalue weighted by Crippen LogP contribution is -2.50. The molecule has 0 bridgehead atoms. The van der Waals surface area contributed by atoms with E-state index in [9.17, 15) is 9.59 Å². The maximum atomic E-state index is 13.5. The van der Waals surface area contributed by atoms with Crippen LogP contribution in [0.3, 0.4) is 0 Å². The zero-order valence-electron chi connectivity index (χ0n) is 18.8. The van der Waals surface area contributed by atoms with Crippen molar-refractivity contribution in [2.45, 2.75) is 40.0 Å². The highest BCUT2D eigenvalue weighted by Crippen LogP contribution is 2.26. The van der Waals surface area contributed by atoms with E-state index in [4.69, 9.17) is 10.1 Å². The largest absolute Gasteiger partial charge is 0.339 e. The van der Waals surface area contributed by atoms with Gasteiger partial charge in [-0.25, -0.2) is 9.50 Å². The number of carbonyl (C=O) groups excluding carboxylic acids is 2. The summed E-state index contributed by atoms with van der Waals surface area (Å²) in [4.78, 5) is 33.5. The van der Waals surface area contributed by atoms with Crippen LogP contribution in [0.25, 0.3) is 16.9 Å². The quantitative estimate of drug-likeness (QED) is 0.639. The van der Waals surface area contributed by atoms with Crippen molar-refractivity contribution in [2.24, 2.45) is 0 Å². The van der Waals surface area contributed by atoms with Crippen LogP contribution in [0.4, 0.5) is 0 Å². The van der Waals surface area contributed by atoms with Gasteiger partial charge in [0.15, 0.2) is 5.65 Å². The van der Waals surface area contributed by atoms with Crippen molar-refractivity contribution in [1.29, 1.82) is 0 Å². The number of piperazine rings is 1. The average Bonchev–Trinajstić information content (AvgIpc) is 3.18. The van der Waals surface area contributed by atoms with E-state index in [1.807, 2.05) is 43.3 Å². The van der Waals surface area contributed by atoms with Crippen molar-refractivity contribution in [3.8, 4) is 11.3 Å². The Morgan fingerprint density at radius 1 is 0.935 bits per heavy atom. The van der Waals surface area contributed by atoms with Crippen molar-refractivity contribution in [2.75, 3.05) is 26.2 Å². The van der Waals surface area contributed by atoms with Gasteiger partial charge in [0.1, 0.15) is 5.69 Å². The summed E-state index contributed by atoms with van der Waals surface area (Å²) in [6.07, 6.45) is 0. The second-order valence-electron chi connectivity index (χ2n) is 9.24. The Hall–Kier alpha value is -3.22. The van der Waals surface area contributed by atoms with E-state index in [2.05, 4.69) is 20.8 Å². The molecule has 1 fully saturated rings. The second kappa shape index (κ2) is 7.80. The van der Waals surface area contributed by atoms with Crippen molar-refractivity contribution < 1.29 is 9.59 Å². The van der Waals surface area contributed by atoms with Gasteiger partial charge < -0.3 is 9.80 Å². The van der Waals surface area contributed by atoms with E-state index in [0.717, 1.165) is 17.0 Å². The number of nitrogens with zero attached hydrogens (tertiary/aromatic N) is 5. The molecular formula is C24H29N5O2. The third-order valence-electron chi connectivity index (χ3n) is 5.77. The van der Waals surface area contributed by atoms with Gasteiger partial charge in [-0.05, 0) is 13.0 Å². The summed E-state index contributed by atoms with van der Waals surface area (Å²) >= 11 is 0. The van der Waals surface area contributed by atoms with E-state index in [1.165, 1.54) is 5.56 Å². The molecule has 1 saturated heterocycles. The van der Waals surface area contributed by atoms with Crippen molar-refractivity contribution >= 4 is 17.5 Å². The standard InChI is InChI=1S/C24H29N5O2/c1-16-6-8-18(9-7-16)19-14-20(23(31)28-12-10-27(11-13-28)17(2)30)29-22(25-19)15-21(26-29)24(3,4)5/h6-9,14-15H,10-13H2,1-5H3. The van der Waals surface area contributed by atoms with Gasteiger partial charge in [0.2, 0.25) is 5.91 Å². The lowest BCUT2D eigenvalue weighted by atomic mass is 9.93. The molecule has 4 rings (SSSR count). The number of fused-ring (bicyclic) bond motifs is 1. The Kier molecular flexibility index (Phi) is 5.29. The molecule has 1 aromatic carbocycles. The fourth-order valence-corrected chi connectivity index (χ4v) is 3.75. The molecule has 0 unspecified atom stereocenters. The molecule has 1 aliphatic heterocycles. The van der Waals surface area contributed by atoms with Crippen LogP contribution in [-0.2, 0) is 10.2 Å². The van der Waals surface area contributed by atoms with Gasteiger partial charge in [-0.2, -0.15) is 5.10 Å². The zero-order valence-corrected chi connectivity index (χ0v) is 18.8. The van der Waals surface area contributed by atoms with Gasteiger partial charge in [0, 0.05) is 50.1 Å². The van der Waals surface area contributed by atoms with E-state index >= 15 is 0 Å². The fourth-order valence-electron chi connectivity index (χ4n) is 3.75. The number of benzene rings is 1. The molecule has 162 valence electrons. The maximum Gasteiger partial charge on any atom is 0.272 e. The lowest BCUT2D eigenvalue weighted by Gasteiger charge is -2.34. The Balaban J connectivity index is 1.78. The van der Waals surface area contributed by atoms with E-state index in [-0.39, 0.29) is 17.2 Å². The molecule has 3 heterocycles.